The third-order valence-corrected chi connectivity index (χ3v) is 1.97. The zero-order chi connectivity index (χ0) is 9.84. The molecule has 72 valence electrons. The van der Waals surface area contributed by atoms with Crippen LogP contribution in [0.25, 0.3) is 0 Å². The number of aromatic nitrogens is 2. The Morgan fingerprint density at radius 3 is 2.92 bits per heavy atom. The molecule has 1 amide bonds. The van der Waals surface area contributed by atoms with Crippen LogP contribution in [-0.2, 0) is 7.05 Å². The van der Waals surface area contributed by atoms with Gasteiger partial charge in [-0.05, 0) is 0 Å². The van der Waals surface area contributed by atoms with E-state index in [0.29, 0.717) is 18.1 Å². The summed E-state index contributed by atoms with van der Waals surface area (Å²) in [6, 6.07) is 0. The van der Waals surface area contributed by atoms with Crippen LogP contribution in [0.4, 0.5) is 0 Å². The minimum atomic E-state index is -0.0550. The lowest BCUT2D eigenvalue weighted by molar-refractivity contribution is 0.0794. The van der Waals surface area contributed by atoms with E-state index in [1.54, 1.807) is 36.1 Å². The molecular formula is C8H12ClN3O. The summed E-state index contributed by atoms with van der Waals surface area (Å²) in [5, 5.41) is 0. The molecule has 0 fully saturated rings. The van der Waals surface area contributed by atoms with E-state index in [0.717, 1.165) is 0 Å². The van der Waals surface area contributed by atoms with Gasteiger partial charge in [0, 0.05) is 26.5 Å². The molecule has 1 rings (SSSR count). The number of halogens is 1. The van der Waals surface area contributed by atoms with E-state index in [4.69, 9.17) is 11.6 Å². The summed E-state index contributed by atoms with van der Waals surface area (Å²) in [5.74, 6) is 0.390. The van der Waals surface area contributed by atoms with Crippen LogP contribution in [0.3, 0.4) is 0 Å². The lowest BCUT2D eigenvalue weighted by Gasteiger charge is -2.14. The van der Waals surface area contributed by atoms with Gasteiger partial charge in [-0.2, -0.15) is 0 Å². The van der Waals surface area contributed by atoms with Crippen LogP contribution in [0.1, 0.15) is 10.5 Å². The van der Waals surface area contributed by atoms with Gasteiger partial charge in [0.1, 0.15) is 5.69 Å². The quantitative estimate of drug-likeness (QED) is 0.677. The van der Waals surface area contributed by atoms with Crippen molar-refractivity contribution in [3.63, 3.8) is 0 Å². The number of alkyl halides is 1. The Labute approximate surface area is 82.1 Å². The molecule has 1 aromatic heterocycles. The fourth-order valence-electron chi connectivity index (χ4n) is 0.987. The van der Waals surface area contributed by atoms with Gasteiger partial charge in [0.2, 0.25) is 0 Å². The summed E-state index contributed by atoms with van der Waals surface area (Å²) in [6.07, 6.45) is 3.15. The Morgan fingerprint density at radius 1 is 1.77 bits per heavy atom. The smallest absolute Gasteiger partial charge is 0.271 e. The summed E-state index contributed by atoms with van der Waals surface area (Å²) in [5.41, 5.74) is 0.576. The van der Waals surface area contributed by atoms with Crippen molar-refractivity contribution in [2.75, 3.05) is 19.5 Å². The molecule has 0 unspecified atom stereocenters. The highest BCUT2D eigenvalue weighted by atomic mass is 35.5. The first-order valence-electron chi connectivity index (χ1n) is 3.94. The highest BCUT2D eigenvalue weighted by molar-refractivity contribution is 6.18. The molecule has 0 N–H and O–H groups in total. The van der Waals surface area contributed by atoms with Gasteiger partial charge in [0.05, 0.1) is 12.5 Å². The highest BCUT2D eigenvalue weighted by Crippen LogP contribution is 2.01. The molecule has 0 aliphatic heterocycles. The van der Waals surface area contributed by atoms with E-state index >= 15 is 0 Å². The molecule has 0 saturated heterocycles. The van der Waals surface area contributed by atoms with Gasteiger partial charge in [-0.25, -0.2) is 4.98 Å². The molecule has 5 heteroatoms. The van der Waals surface area contributed by atoms with Crippen molar-refractivity contribution >= 4 is 17.5 Å². The Balaban J connectivity index is 2.73. The van der Waals surface area contributed by atoms with Crippen LogP contribution in [0.5, 0.6) is 0 Å². The summed E-state index contributed by atoms with van der Waals surface area (Å²) in [6.45, 7) is 0.547. The number of nitrogens with zero attached hydrogens (tertiary/aromatic N) is 3. The van der Waals surface area contributed by atoms with Gasteiger partial charge in [-0.1, -0.05) is 0 Å². The minimum absolute atomic E-state index is 0.0550. The molecule has 0 spiro atoms. The first-order valence-corrected chi connectivity index (χ1v) is 4.48. The van der Waals surface area contributed by atoms with E-state index in [1.807, 2.05) is 0 Å². The third kappa shape index (κ3) is 2.21. The zero-order valence-corrected chi connectivity index (χ0v) is 8.45. The van der Waals surface area contributed by atoms with Gasteiger partial charge in [-0.15, -0.1) is 11.6 Å². The predicted molar refractivity (Wildman–Crippen MR) is 50.9 cm³/mol. The molecule has 0 saturated carbocycles. The maximum absolute atomic E-state index is 11.6. The van der Waals surface area contributed by atoms with E-state index < -0.39 is 0 Å². The second kappa shape index (κ2) is 4.28. The monoisotopic (exact) mass is 201 g/mol. The van der Waals surface area contributed by atoms with Crippen LogP contribution >= 0.6 is 11.6 Å². The van der Waals surface area contributed by atoms with Gasteiger partial charge < -0.3 is 9.47 Å². The molecule has 13 heavy (non-hydrogen) atoms. The SMILES string of the molecule is CN(CCCl)C(=O)c1cncn1C. The number of imidazole rings is 1. The zero-order valence-electron chi connectivity index (χ0n) is 7.70. The fourth-order valence-corrected chi connectivity index (χ4v) is 1.24. The first kappa shape index (κ1) is 10.1. The number of aryl methyl sites for hydroxylation is 1. The van der Waals surface area contributed by atoms with E-state index in [9.17, 15) is 4.79 Å². The Hall–Kier alpha value is -1.03. The lowest BCUT2D eigenvalue weighted by Crippen LogP contribution is -2.29. The normalized spacial score (nSPS) is 10.1. The van der Waals surface area contributed by atoms with Crippen LogP contribution in [0.2, 0.25) is 0 Å². The summed E-state index contributed by atoms with van der Waals surface area (Å²) >= 11 is 5.53. The average molecular weight is 202 g/mol. The van der Waals surface area contributed by atoms with Gasteiger partial charge >= 0.3 is 0 Å². The molecule has 1 heterocycles. The van der Waals surface area contributed by atoms with E-state index in [-0.39, 0.29) is 5.91 Å². The molecule has 1 aromatic rings. The van der Waals surface area contributed by atoms with Crippen molar-refractivity contribution in [3.05, 3.63) is 18.2 Å². The van der Waals surface area contributed by atoms with Gasteiger partial charge in [0.15, 0.2) is 0 Å². The number of carbonyl (C=O) groups excluding carboxylic acids is 1. The van der Waals surface area contributed by atoms with Crippen molar-refractivity contribution in [1.29, 1.82) is 0 Å². The van der Waals surface area contributed by atoms with Crippen molar-refractivity contribution in [2.45, 2.75) is 0 Å². The van der Waals surface area contributed by atoms with Crippen molar-refractivity contribution < 1.29 is 4.79 Å². The van der Waals surface area contributed by atoms with Gasteiger partial charge in [0.25, 0.3) is 5.91 Å². The summed E-state index contributed by atoms with van der Waals surface area (Å²) < 4.78 is 1.69. The molecule has 0 radical (unpaired) electrons. The van der Waals surface area contributed by atoms with Crippen molar-refractivity contribution in [1.82, 2.24) is 14.5 Å². The maximum Gasteiger partial charge on any atom is 0.271 e. The molecule has 4 nitrogen and oxygen atoms in total. The van der Waals surface area contributed by atoms with E-state index in [2.05, 4.69) is 4.98 Å². The average Bonchev–Trinajstić information content (AvgIpc) is 2.50. The number of hydrogen-bond donors (Lipinski definition) is 0. The first-order chi connectivity index (χ1) is 6.16. The van der Waals surface area contributed by atoms with Gasteiger partial charge in [-0.3, -0.25) is 4.79 Å². The number of carbonyl (C=O) groups is 1. The maximum atomic E-state index is 11.6. The number of amides is 1. The second-order valence-corrected chi connectivity index (χ2v) is 3.18. The van der Waals surface area contributed by atoms with Crippen LogP contribution in [0, 0.1) is 0 Å². The molecule has 0 atom stereocenters. The molecule has 0 bridgehead atoms. The number of rotatable bonds is 3. The number of hydrogen-bond acceptors (Lipinski definition) is 2. The largest absolute Gasteiger partial charge is 0.339 e. The molecule has 0 aliphatic carbocycles. The molecule has 0 aliphatic rings. The highest BCUT2D eigenvalue weighted by Gasteiger charge is 2.13. The van der Waals surface area contributed by atoms with Crippen molar-refractivity contribution in [2.24, 2.45) is 7.05 Å². The standard InChI is InChI=1S/C8H12ClN3O/c1-11(4-3-9)8(13)7-5-10-6-12(7)2/h5-6H,3-4H2,1-2H3. The minimum Gasteiger partial charge on any atom is -0.339 e. The van der Waals surface area contributed by atoms with Crippen LogP contribution in [-0.4, -0.2) is 39.8 Å². The molecule has 0 aromatic carbocycles. The fraction of sp³-hybridized carbons (Fsp3) is 0.500. The Morgan fingerprint density at radius 2 is 2.46 bits per heavy atom. The third-order valence-electron chi connectivity index (χ3n) is 1.80. The predicted octanol–water partition coefficient (Wildman–Crippen LogP) is 0.731. The Bertz CT molecular complexity index is 297. The second-order valence-electron chi connectivity index (χ2n) is 2.81. The Kier molecular flexibility index (Phi) is 3.31. The van der Waals surface area contributed by atoms with Crippen LogP contribution < -0.4 is 0 Å². The van der Waals surface area contributed by atoms with E-state index in [1.165, 1.54) is 0 Å². The van der Waals surface area contributed by atoms with Crippen LogP contribution in [0.15, 0.2) is 12.5 Å². The summed E-state index contributed by atoms with van der Waals surface area (Å²) in [4.78, 5) is 17.1. The van der Waals surface area contributed by atoms with Crippen molar-refractivity contribution in [3.8, 4) is 0 Å². The lowest BCUT2D eigenvalue weighted by atomic mass is 10.4. The summed E-state index contributed by atoms with van der Waals surface area (Å²) in [7, 11) is 3.51. The molecular weight excluding hydrogens is 190 g/mol. The topological polar surface area (TPSA) is 38.1 Å².